The molecule has 146 valence electrons. The fourth-order valence-corrected chi connectivity index (χ4v) is 6.55. The molecule has 3 rings (SSSR count). The Balaban J connectivity index is 1.60. The van der Waals surface area contributed by atoms with E-state index in [1.54, 1.807) is 21.8 Å². The van der Waals surface area contributed by atoms with Crippen molar-refractivity contribution in [3.05, 3.63) is 17.5 Å². The summed E-state index contributed by atoms with van der Waals surface area (Å²) in [5, 5.41) is 1.78. The van der Waals surface area contributed by atoms with E-state index in [1.807, 2.05) is 6.92 Å². The van der Waals surface area contributed by atoms with Gasteiger partial charge < -0.3 is 4.90 Å². The van der Waals surface area contributed by atoms with Crippen molar-refractivity contribution in [3.8, 4) is 0 Å². The molecule has 1 aromatic heterocycles. The van der Waals surface area contributed by atoms with Gasteiger partial charge in [0.25, 0.3) is 10.0 Å². The molecule has 1 aromatic rings. The van der Waals surface area contributed by atoms with Gasteiger partial charge in [-0.25, -0.2) is 8.42 Å². The van der Waals surface area contributed by atoms with Gasteiger partial charge in [-0.2, -0.15) is 4.31 Å². The van der Waals surface area contributed by atoms with Crippen molar-refractivity contribution in [1.82, 2.24) is 14.1 Å². The maximum Gasteiger partial charge on any atom is 0.252 e. The zero-order valence-electron chi connectivity index (χ0n) is 15.6. The molecule has 0 N–H and O–H groups in total. The van der Waals surface area contributed by atoms with Crippen molar-refractivity contribution in [3.63, 3.8) is 0 Å². The van der Waals surface area contributed by atoms with Crippen LogP contribution in [0.2, 0.25) is 0 Å². The molecule has 0 saturated carbocycles. The molecule has 2 fully saturated rings. The third-order valence-electron chi connectivity index (χ3n) is 5.65. The number of carbonyl (C=O) groups excluding carboxylic acids is 1. The molecule has 8 heteroatoms. The number of piperidine rings is 1. The first-order valence-corrected chi connectivity index (χ1v) is 11.8. The Morgan fingerprint density at radius 3 is 2.58 bits per heavy atom. The van der Waals surface area contributed by atoms with E-state index in [0.717, 1.165) is 25.8 Å². The van der Waals surface area contributed by atoms with Crippen LogP contribution in [-0.4, -0.2) is 73.2 Å². The zero-order valence-corrected chi connectivity index (χ0v) is 17.3. The average molecular weight is 400 g/mol. The molecule has 1 amide bonds. The van der Waals surface area contributed by atoms with Gasteiger partial charge in [-0.3, -0.25) is 9.69 Å². The molecule has 0 radical (unpaired) electrons. The zero-order chi connectivity index (χ0) is 18.7. The van der Waals surface area contributed by atoms with E-state index in [0.29, 0.717) is 36.4 Å². The first-order chi connectivity index (χ1) is 12.4. The van der Waals surface area contributed by atoms with Crippen molar-refractivity contribution in [2.45, 2.75) is 55.8 Å². The van der Waals surface area contributed by atoms with Crippen LogP contribution in [0.3, 0.4) is 0 Å². The molecule has 3 heterocycles. The molecular formula is C18H29N3O3S2. The second kappa shape index (κ2) is 8.37. The van der Waals surface area contributed by atoms with E-state index in [2.05, 4.69) is 16.7 Å². The quantitative estimate of drug-likeness (QED) is 0.762. The maximum absolute atomic E-state index is 13.0. The van der Waals surface area contributed by atoms with Gasteiger partial charge in [0.1, 0.15) is 4.21 Å². The minimum absolute atomic E-state index is 0.186. The van der Waals surface area contributed by atoms with Crippen molar-refractivity contribution >= 4 is 27.3 Å². The number of sulfonamides is 1. The third kappa shape index (κ3) is 3.98. The molecule has 0 bridgehead atoms. The Morgan fingerprint density at radius 2 is 1.96 bits per heavy atom. The number of thiophene rings is 1. The average Bonchev–Trinajstić information content (AvgIpc) is 3.22. The summed E-state index contributed by atoms with van der Waals surface area (Å²) in [6.45, 7) is 7.05. The number of nitrogens with zero attached hydrogens (tertiary/aromatic N) is 3. The van der Waals surface area contributed by atoms with Crippen molar-refractivity contribution in [2.24, 2.45) is 0 Å². The molecule has 2 saturated heterocycles. The highest BCUT2D eigenvalue weighted by Crippen LogP contribution is 2.24. The molecule has 0 aromatic carbocycles. The predicted octanol–water partition coefficient (Wildman–Crippen LogP) is 2.23. The van der Waals surface area contributed by atoms with E-state index in [4.69, 9.17) is 0 Å². The molecule has 2 aliphatic heterocycles. The summed E-state index contributed by atoms with van der Waals surface area (Å²) in [5.41, 5.74) is 0. The first kappa shape index (κ1) is 19.8. The summed E-state index contributed by atoms with van der Waals surface area (Å²) in [6, 6.07) is 3.59. The van der Waals surface area contributed by atoms with E-state index < -0.39 is 10.0 Å². The number of piperazine rings is 1. The molecule has 0 unspecified atom stereocenters. The highest BCUT2D eigenvalue weighted by molar-refractivity contribution is 7.91. The number of rotatable bonds is 5. The highest BCUT2D eigenvalue weighted by atomic mass is 32.2. The lowest BCUT2D eigenvalue weighted by Crippen LogP contribution is -2.57. The Hall–Kier alpha value is -0.960. The SMILES string of the molecule is CC[C@@H]1CCCCN1C(=O)[C@H](C)N1CCN(S(=O)(=O)c2cccs2)CC1. The smallest absolute Gasteiger partial charge is 0.252 e. The Bertz CT molecular complexity index is 697. The van der Waals surface area contributed by atoms with Gasteiger partial charge in [0.05, 0.1) is 6.04 Å². The second-order valence-electron chi connectivity index (χ2n) is 7.14. The largest absolute Gasteiger partial charge is 0.338 e. The van der Waals surface area contributed by atoms with Crippen LogP contribution in [0.25, 0.3) is 0 Å². The number of hydrogen-bond donors (Lipinski definition) is 0. The Morgan fingerprint density at radius 1 is 1.23 bits per heavy atom. The van der Waals surface area contributed by atoms with Gasteiger partial charge in [0.15, 0.2) is 0 Å². The molecule has 6 nitrogen and oxygen atoms in total. The highest BCUT2D eigenvalue weighted by Gasteiger charge is 2.35. The standard InChI is InChI=1S/C18H29N3O3S2/c1-3-16-7-4-5-9-21(16)18(22)15(2)19-10-12-20(13-11-19)26(23,24)17-8-6-14-25-17/h6,8,14-16H,3-5,7,9-13H2,1-2H3/t15-,16+/m0/s1. The normalized spacial score (nSPS) is 24.5. The predicted molar refractivity (Wildman–Crippen MR) is 104 cm³/mol. The molecule has 2 atom stereocenters. The fraction of sp³-hybridized carbons (Fsp3) is 0.722. The first-order valence-electron chi connectivity index (χ1n) is 9.53. The summed E-state index contributed by atoms with van der Waals surface area (Å²) < 4.78 is 27.2. The topological polar surface area (TPSA) is 60.9 Å². The van der Waals surface area contributed by atoms with Crippen molar-refractivity contribution in [1.29, 1.82) is 0 Å². The van der Waals surface area contributed by atoms with Crippen molar-refractivity contribution < 1.29 is 13.2 Å². The minimum atomic E-state index is -3.39. The third-order valence-corrected chi connectivity index (χ3v) is 8.92. The lowest BCUT2D eigenvalue weighted by molar-refractivity contribution is -0.140. The summed E-state index contributed by atoms with van der Waals surface area (Å²) in [6.07, 6.45) is 4.39. The van der Waals surface area contributed by atoms with Gasteiger partial charge in [0, 0.05) is 38.8 Å². The lowest BCUT2D eigenvalue weighted by atomic mass is 9.99. The number of hydrogen-bond acceptors (Lipinski definition) is 5. The van der Waals surface area contributed by atoms with E-state index in [1.165, 1.54) is 17.8 Å². The molecule has 26 heavy (non-hydrogen) atoms. The van der Waals surface area contributed by atoms with Gasteiger partial charge in [-0.15, -0.1) is 11.3 Å². The van der Waals surface area contributed by atoms with Gasteiger partial charge >= 0.3 is 0 Å². The van der Waals surface area contributed by atoms with Crippen LogP contribution in [-0.2, 0) is 14.8 Å². The lowest BCUT2D eigenvalue weighted by Gasteiger charge is -2.41. The van der Waals surface area contributed by atoms with Crippen LogP contribution in [0.1, 0.15) is 39.5 Å². The van der Waals surface area contributed by atoms with Crippen LogP contribution in [0.4, 0.5) is 0 Å². The summed E-state index contributed by atoms with van der Waals surface area (Å²) in [5.74, 6) is 0.200. The van der Waals surface area contributed by atoms with E-state index in [-0.39, 0.29) is 11.9 Å². The monoisotopic (exact) mass is 399 g/mol. The number of likely N-dealkylation sites (tertiary alicyclic amines) is 1. The number of amides is 1. The summed E-state index contributed by atoms with van der Waals surface area (Å²) in [4.78, 5) is 17.2. The summed E-state index contributed by atoms with van der Waals surface area (Å²) in [7, 11) is -3.39. The molecular weight excluding hydrogens is 370 g/mol. The van der Waals surface area contributed by atoms with Crippen molar-refractivity contribution in [2.75, 3.05) is 32.7 Å². The van der Waals surface area contributed by atoms with Crippen LogP contribution >= 0.6 is 11.3 Å². The van der Waals surface area contributed by atoms with Gasteiger partial charge in [0.2, 0.25) is 5.91 Å². The fourth-order valence-electron chi connectivity index (χ4n) is 3.98. The van der Waals surface area contributed by atoms with E-state index >= 15 is 0 Å². The van der Waals surface area contributed by atoms with E-state index in [9.17, 15) is 13.2 Å². The van der Waals surface area contributed by atoms with Crippen LogP contribution in [0, 0.1) is 0 Å². The minimum Gasteiger partial charge on any atom is -0.338 e. The molecule has 0 spiro atoms. The van der Waals surface area contributed by atoms with Gasteiger partial charge in [-0.1, -0.05) is 13.0 Å². The van der Waals surface area contributed by atoms with Crippen LogP contribution < -0.4 is 0 Å². The molecule has 2 aliphatic rings. The van der Waals surface area contributed by atoms with Gasteiger partial charge in [-0.05, 0) is 44.1 Å². The van der Waals surface area contributed by atoms with Crippen LogP contribution in [0.15, 0.2) is 21.7 Å². The summed E-state index contributed by atoms with van der Waals surface area (Å²) >= 11 is 1.25. The Labute approximate surface area is 160 Å². The maximum atomic E-state index is 13.0. The second-order valence-corrected chi connectivity index (χ2v) is 10.3. The number of carbonyl (C=O) groups is 1. The molecule has 0 aliphatic carbocycles. The van der Waals surface area contributed by atoms with Crippen LogP contribution in [0.5, 0.6) is 0 Å². The Kier molecular flexibility index (Phi) is 6.37.